The van der Waals surface area contributed by atoms with Gasteiger partial charge in [-0.15, -0.1) is 0 Å². The number of aromatic nitrogens is 2. The quantitative estimate of drug-likeness (QED) is 0.476. The zero-order valence-corrected chi connectivity index (χ0v) is 17.9. The summed E-state index contributed by atoms with van der Waals surface area (Å²) in [7, 11) is 0. The van der Waals surface area contributed by atoms with Crippen molar-refractivity contribution < 1.29 is 28.2 Å². The lowest BCUT2D eigenvalue weighted by molar-refractivity contribution is -0.146. The topological polar surface area (TPSA) is 125 Å². The zero-order chi connectivity index (χ0) is 24.2. The highest BCUT2D eigenvalue weighted by molar-refractivity contribution is 6.08. The minimum absolute atomic E-state index is 0.0261. The fourth-order valence-corrected chi connectivity index (χ4v) is 6.25. The van der Waals surface area contributed by atoms with Crippen LogP contribution in [-0.2, 0) is 14.3 Å². The van der Waals surface area contributed by atoms with Gasteiger partial charge in [-0.3, -0.25) is 19.3 Å². The number of carbonyl (C=O) groups is 2. The normalized spacial score (nSPS) is 32.9. The van der Waals surface area contributed by atoms with Crippen molar-refractivity contribution in [2.45, 2.75) is 36.8 Å². The molecule has 0 aliphatic carbocycles. The van der Waals surface area contributed by atoms with E-state index in [1.165, 1.54) is 30.3 Å². The smallest absolute Gasteiger partial charge is 0.272 e. The number of imide groups is 1. The van der Waals surface area contributed by atoms with E-state index in [4.69, 9.17) is 4.74 Å². The molecule has 3 aromatic rings. The largest absolute Gasteiger partial charge is 0.390 e. The number of hydrogen-bond donors (Lipinski definition) is 3. The fourth-order valence-electron chi connectivity index (χ4n) is 6.25. The number of fused-ring (bicyclic) bond motifs is 5. The van der Waals surface area contributed by atoms with Crippen molar-refractivity contribution in [2.24, 2.45) is 11.8 Å². The first kappa shape index (κ1) is 20.7. The van der Waals surface area contributed by atoms with E-state index in [0.717, 1.165) is 11.0 Å². The first-order valence-corrected chi connectivity index (χ1v) is 11.3. The van der Waals surface area contributed by atoms with Crippen LogP contribution in [0.3, 0.4) is 0 Å². The standard InChI is InChI=1S/C24H18F2N4O5/c25-9-3-1-8(2-4-9)18-20(19-15-11(22(32)29-28-19)5-10(26)6-12(15)27-18)30-23(33)16-14-7-13(31)21(35-14)17(16)24(30)34/h1-6,13-14,16-18,20-21,27,31H,7H2,(H,29,32). The van der Waals surface area contributed by atoms with Gasteiger partial charge in [-0.25, -0.2) is 13.9 Å². The number of rotatable bonds is 2. The second kappa shape index (κ2) is 6.92. The molecule has 0 saturated carbocycles. The number of anilines is 1. The van der Waals surface area contributed by atoms with Gasteiger partial charge in [0, 0.05) is 17.5 Å². The molecule has 4 aliphatic rings. The maximum atomic E-state index is 14.4. The SMILES string of the molecule is O=C1C2C3CC(O)C(O3)C2C(=O)N1C1c2n[nH]c(=O)c3cc(F)cc(c23)NC1c1ccc(F)cc1. The van der Waals surface area contributed by atoms with Crippen LogP contribution >= 0.6 is 0 Å². The molecule has 178 valence electrons. The molecule has 9 nitrogen and oxygen atoms in total. The van der Waals surface area contributed by atoms with Crippen LogP contribution in [0.25, 0.3) is 10.8 Å². The lowest BCUT2D eigenvalue weighted by atomic mass is 9.80. The van der Waals surface area contributed by atoms with Crippen LogP contribution in [0.5, 0.6) is 0 Å². The minimum Gasteiger partial charge on any atom is -0.390 e. The molecule has 0 spiro atoms. The number of hydrogen-bond acceptors (Lipinski definition) is 7. The second-order valence-corrected chi connectivity index (χ2v) is 9.47. The molecule has 5 heterocycles. The van der Waals surface area contributed by atoms with Crippen molar-refractivity contribution in [3.05, 3.63) is 69.6 Å². The maximum Gasteiger partial charge on any atom is 0.272 e. The van der Waals surface area contributed by atoms with E-state index in [-0.39, 0.29) is 23.2 Å². The molecule has 2 amide bonds. The molecule has 3 N–H and O–H groups in total. The van der Waals surface area contributed by atoms with Gasteiger partial charge in [0.15, 0.2) is 0 Å². The Morgan fingerprint density at radius 1 is 1.03 bits per heavy atom. The van der Waals surface area contributed by atoms with E-state index >= 15 is 0 Å². The van der Waals surface area contributed by atoms with Crippen LogP contribution in [-0.4, -0.2) is 50.3 Å². The number of aromatic amines is 1. The summed E-state index contributed by atoms with van der Waals surface area (Å²) < 4.78 is 33.8. The average Bonchev–Trinajstić information content (AvgIpc) is 3.46. The number of halogens is 2. The Kier molecular flexibility index (Phi) is 4.09. The van der Waals surface area contributed by atoms with Gasteiger partial charge in [0.05, 0.1) is 47.3 Å². The number of amides is 2. The molecule has 1 aromatic heterocycles. The molecule has 4 aliphatic heterocycles. The highest BCUT2D eigenvalue weighted by Crippen LogP contribution is 2.53. The maximum absolute atomic E-state index is 14.4. The van der Waals surface area contributed by atoms with Crippen LogP contribution < -0.4 is 10.9 Å². The number of ether oxygens (including phenoxy) is 1. The van der Waals surface area contributed by atoms with Gasteiger partial charge in [0.2, 0.25) is 11.8 Å². The molecule has 3 saturated heterocycles. The summed E-state index contributed by atoms with van der Waals surface area (Å²) in [4.78, 5) is 40.9. The Labute approximate surface area is 195 Å². The summed E-state index contributed by atoms with van der Waals surface area (Å²) in [5.74, 6) is -3.62. The molecule has 35 heavy (non-hydrogen) atoms. The number of aliphatic hydroxyl groups excluding tert-OH is 1. The Morgan fingerprint density at radius 2 is 1.77 bits per heavy atom. The van der Waals surface area contributed by atoms with Crippen LogP contribution in [0.4, 0.5) is 14.5 Å². The van der Waals surface area contributed by atoms with Crippen molar-refractivity contribution in [1.29, 1.82) is 0 Å². The molecule has 11 heteroatoms. The lowest BCUT2D eigenvalue weighted by Gasteiger charge is -2.38. The van der Waals surface area contributed by atoms with Crippen molar-refractivity contribution in [3.63, 3.8) is 0 Å². The summed E-state index contributed by atoms with van der Waals surface area (Å²) >= 11 is 0. The second-order valence-electron chi connectivity index (χ2n) is 9.47. The highest BCUT2D eigenvalue weighted by Gasteiger charge is 2.67. The predicted octanol–water partition coefficient (Wildman–Crippen LogP) is 1.54. The molecule has 3 fully saturated rings. The highest BCUT2D eigenvalue weighted by atomic mass is 19.1. The van der Waals surface area contributed by atoms with Gasteiger partial charge < -0.3 is 15.2 Å². The summed E-state index contributed by atoms with van der Waals surface area (Å²) in [6.45, 7) is 0. The van der Waals surface area contributed by atoms with Gasteiger partial charge in [0.25, 0.3) is 5.56 Å². The van der Waals surface area contributed by atoms with Crippen LogP contribution in [0.1, 0.15) is 29.8 Å². The van der Waals surface area contributed by atoms with Gasteiger partial charge >= 0.3 is 0 Å². The monoisotopic (exact) mass is 480 g/mol. The molecule has 7 unspecified atom stereocenters. The number of nitrogens with zero attached hydrogens (tertiary/aromatic N) is 2. The van der Waals surface area contributed by atoms with Gasteiger partial charge in [-0.2, -0.15) is 5.10 Å². The number of aliphatic hydroxyl groups is 1. The van der Waals surface area contributed by atoms with E-state index in [9.17, 15) is 28.3 Å². The van der Waals surface area contributed by atoms with E-state index < -0.39 is 71.2 Å². The molecule has 2 aromatic carbocycles. The molecular weight excluding hydrogens is 462 g/mol. The number of likely N-dealkylation sites (tertiary alicyclic amines) is 1. The molecule has 7 atom stereocenters. The van der Waals surface area contributed by atoms with Gasteiger partial charge in [-0.1, -0.05) is 12.1 Å². The van der Waals surface area contributed by atoms with E-state index in [1.54, 1.807) is 0 Å². The molecule has 7 rings (SSSR count). The number of benzene rings is 2. The summed E-state index contributed by atoms with van der Waals surface area (Å²) in [6, 6.07) is 5.99. The van der Waals surface area contributed by atoms with Crippen LogP contribution in [0, 0.1) is 23.5 Å². The van der Waals surface area contributed by atoms with Crippen molar-refractivity contribution in [2.75, 3.05) is 5.32 Å². The Morgan fingerprint density at radius 3 is 2.54 bits per heavy atom. The molecule has 2 bridgehead atoms. The zero-order valence-electron chi connectivity index (χ0n) is 17.9. The Bertz CT molecular complexity index is 1490. The van der Waals surface area contributed by atoms with E-state index in [0.29, 0.717) is 10.9 Å². The van der Waals surface area contributed by atoms with Crippen molar-refractivity contribution in [1.82, 2.24) is 15.1 Å². The lowest BCUT2D eigenvalue weighted by Crippen LogP contribution is -2.44. The molecule has 0 radical (unpaired) electrons. The van der Waals surface area contributed by atoms with E-state index in [2.05, 4.69) is 15.5 Å². The van der Waals surface area contributed by atoms with Crippen molar-refractivity contribution >= 4 is 28.3 Å². The van der Waals surface area contributed by atoms with Crippen LogP contribution in [0.15, 0.2) is 41.2 Å². The first-order valence-electron chi connectivity index (χ1n) is 11.3. The third kappa shape index (κ3) is 2.67. The Hall–Kier alpha value is -3.70. The fraction of sp³-hybridized carbons (Fsp3) is 0.333. The minimum atomic E-state index is -1.01. The summed E-state index contributed by atoms with van der Waals surface area (Å²) in [6.07, 6.45) is -1.90. The number of H-pyrrole nitrogens is 1. The number of carbonyl (C=O) groups excluding carboxylic acids is 2. The Balaban J connectivity index is 1.44. The summed E-state index contributed by atoms with van der Waals surface area (Å²) in [5, 5.41) is 20.4. The molecular formula is C24H18F2N4O5. The van der Waals surface area contributed by atoms with Gasteiger partial charge in [-0.05, 0) is 29.8 Å². The average molecular weight is 480 g/mol. The van der Waals surface area contributed by atoms with Crippen molar-refractivity contribution in [3.8, 4) is 0 Å². The third-order valence-corrected chi connectivity index (χ3v) is 7.67. The third-order valence-electron chi connectivity index (χ3n) is 7.67. The van der Waals surface area contributed by atoms with E-state index in [1.807, 2.05) is 0 Å². The van der Waals surface area contributed by atoms with Crippen LogP contribution in [0.2, 0.25) is 0 Å². The van der Waals surface area contributed by atoms with Gasteiger partial charge in [0.1, 0.15) is 17.7 Å². The number of nitrogens with one attached hydrogen (secondary N) is 2. The summed E-state index contributed by atoms with van der Waals surface area (Å²) in [5.41, 5.74) is 0.413. The predicted molar refractivity (Wildman–Crippen MR) is 116 cm³/mol. The first-order chi connectivity index (χ1) is 16.8.